The Morgan fingerprint density at radius 1 is 0.575 bits per heavy atom. The Morgan fingerprint density at radius 3 is 1.20 bits per heavy atom. The molecule has 0 spiro atoms. The highest BCUT2D eigenvalue weighted by molar-refractivity contribution is 5.81. The number of carboxylic acids is 3. The summed E-state index contributed by atoms with van der Waals surface area (Å²) in [7, 11) is 0. The normalized spacial score (nSPS) is 17.2. The number of amides is 4. The molecule has 0 radical (unpaired) electrons. The van der Waals surface area contributed by atoms with Crippen molar-refractivity contribution in [3.63, 3.8) is 0 Å². The second kappa shape index (κ2) is 18.2. The predicted molar refractivity (Wildman–Crippen MR) is 136 cm³/mol. The number of hydrogen-bond donors (Lipinski definition) is 7. The lowest BCUT2D eigenvalue weighted by Gasteiger charge is -2.45. The van der Waals surface area contributed by atoms with Crippen molar-refractivity contribution in [1.82, 2.24) is 24.5 Å². The van der Waals surface area contributed by atoms with Gasteiger partial charge in [0.05, 0.1) is 33.0 Å². The summed E-state index contributed by atoms with van der Waals surface area (Å²) in [5, 5.41) is 65.6. The smallest absolute Gasteiger partial charge is 0.323 e. The number of aliphatic hydroxyl groups is 4. The van der Waals surface area contributed by atoms with E-state index >= 15 is 0 Å². The van der Waals surface area contributed by atoms with Gasteiger partial charge in [-0.05, 0) is 12.8 Å². The number of carbonyl (C=O) groups is 5. The zero-order valence-corrected chi connectivity index (χ0v) is 22.4. The lowest BCUT2D eigenvalue weighted by Crippen LogP contribution is -2.60. The molecule has 0 aromatic carbocycles. The first-order valence-corrected chi connectivity index (χ1v) is 12.9. The van der Waals surface area contributed by atoms with E-state index in [1.54, 1.807) is 0 Å². The number of carboxylic acid groups (broad SMARTS) is 3. The highest BCUT2D eigenvalue weighted by Gasteiger charge is 2.37. The molecule has 40 heavy (non-hydrogen) atoms. The third-order valence-electron chi connectivity index (χ3n) is 6.41. The van der Waals surface area contributed by atoms with Gasteiger partial charge in [-0.3, -0.25) is 19.3 Å². The molecule has 1 saturated heterocycles. The lowest BCUT2D eigenvalue weighted by molar-refractivity contribution is -0.142. The fourth-order valence-electron chi connectivity index (χ4n) is 4.77. The molecule has 1 aliphatic rings. The molecular weight excluding hydrogens is 538 g/mol. The molecule has 17 nitrogen and oxygen atoms in total. The molecule has 1 aliphatic heterocycles. The summed E-state index contributed by atoms with van der Waals surface area (Å²) in [6.45, 7) is -4.78. The largest absolute Gasteiger partial charge is 0.480 e. The number of nitrogens with zero attached hydrogens (tertiary/aromatic N) is 5. The number of aliphatic carboxylic acids is 3. The zero-order valence-electron chi connectivity index (χ0n) is 22.4. The van der Waals surface area contributed by atoms with Gasteiger partial charge in [0.2, 0.25) is 0 Å². The molecule has 0 aromatic rings. The summed E-state index contributed by atoms with van der Waals surface area (Å²) in [4.78, 5) is 66.7. The molecule has 7 N–H and O–H groups in total. The Kier molecular flexibility index (Phi) is 15.8. The average molecular weight is 580 g/mol. The first-order chi connectivity index (χ1) is 19.0. The van der Waals surface area contributed by atoms with Crippen molar-refractivity contribution in [2.75, 3.05) is 85.3 Å². The van der Waals surface area contributed by atoms with E-state index in [2.05, 4.69) is 0 Å². The van der Waals surface area contributed by atoms with Crippen molar-refractivity contribution < 1.29 is 59.7 Å². The molecule has 230 valence electrons. The fraction of sp³-hybridized carbons (Fsp3) is 0.783. The SMILES string of the molecule is O=C(O)CN(CC1CCCC(CN(CC(=O)O)C(=O)N(CCO)CCO)N1CC(=O)O)C(=O)N(CCO)CCO. The van der Waals surface area contributed by atoms with Gasteiger partial charge in [-0.15, -0.1) is 0 Å². The van der Waals surface area contributed by atoms with Crippen molar-refractivity contribution in [2.24, 2.45) is 0 Å². The topological polar surface area (TPSA) is 243 Å². The van der Waals surface area contributed by atoms with Crippen molar-refractivity contribution >= 4 is 30.0 Å². The Hall–Kier alpha value is -3.25. The van der Waals surface area contributed by atoms with Crippen LogP contribution in [-0.2, 0) is 14.4 Å². The highest BCUT2D eigenvalue weighted by atomic mass is 16.4. The number of urea groups is 2. The molecule has 1 fully saturated rings. The third kappa shape index (κ3) is 11.5. The Balaban J connectivity index is 3.29. The van der Waals surface area contributed by atoms with E-state index in [0.29, 0.717) is 19.3 Å². The summed E-state index contributed by atoms with van der Waals surface area (Å²) in [5.41, 5.74) is 0. The van der Waals surface area contributed by atoms with Crippen LogP contribution in [0, 0.1) is 0 Å². The van der Waals surface area contributed by atoms with Gasteiger partial charge in [-0.1, -0.05) is 6.42 Å². The van der Waals surface area contributed by atoms with Crippen molar-refractivity contribution in [2.45, 2.75) is 31.3 Å². The van der Waals surface area contributed by atoms with Gasteiger partial charge < -0.3 is 55.3 Å². The molecule has 0 saturated carbocycles. The van der Waals surface area contributed by atoms with Gasteiger partial charge in [-0.25, -0.2) is 9.59 Å². The van der Waals surface area contributed by atoms with Gasteiger partial charge in [0.1, 0.15) is 13.1 Å². The van der Waals surface area contributed by atoms with E-state index < -0.39 is 88.1 Å². The van der Waals surface area contributed by atoms with Crippen LogP contribution in [0.3, 0.4) is 0 Å². The number of likely N-dealkylation sites (tertiary alicyclic amines) is 1. The molecule has 0 aliphatic carbocycles. The zero-order chi connectivity index (χ0) is 30.2. The molecular formula is C23H41N5O12. The van der Waals surface area contributed by atoms with Crippen LogP contribution < -0.4 is 0 Å². The number of aliphatic hydroxyl groups excluding tert-OH is 4. The first kappa shape index (κ1) is 34.8. The number of carbonyl (C=O) groups excluding carboxylic acids is 2. The number of piperidine rings is 1. The van der Waals surface area contributed by atoms with Crippen LogP contribution in [0.1, 0.15) is 19.3 Å². The van der Waals surface area contributed by atoms with Crippen molar-refractivity contribution in [3.8, 4) is 0 Å². The van der Waals surface area contributed by atoms with Crippen LogP contribution in [0.5, 0.6) is 0 Å². The van der Waals surface area contributed by atoms with Gasteiger partial charge in [0.15, 0.2) is 0 Å². The molecule has 17 heteroatoms. The van der Waals surface area contributed by atoms with Crippen LogP contribution in [0.25, 0.3) is 0 Å². The molecule has 4 amide bonds. The third-order valence-corrected chi connectivity index (χ3v) is 6.41. The quantitative estimate of drug-likeness (QED) is 0.0851. The van der Waals surface area contributed by atoms with E-state index in [1.165, 1.54) is 4.90 Å². The maximum Gasteiger partial charge on any atom is 0.323 e. The summed E-state index contributed by atoms with van der Waals surface area (Å²) in [6.07, 6.45) is 1.26. The summed E-state index contributed by atoms with van der Waals surface area (Å²) >= 11 is 0. The van der Waals surface area contributed by atoms with Crippen LogP contribution >= 0.6 is 0 Å². The number of hydrogen-bond acceptors (Lipinski definition) is 10. The molecule has 0 aromatic heterocycles. The van der Waals surface area contributed by atoms with E-state index in [4.69, 9.17) is 0 Å². The molecule has 1 rings (SSSR count). The minimum atomic E-state index is -1.33. The van der Waals surface area contributed by atoms with Crippen LogP contribution in [0.15, 0.2) is 0 Å². The molecule has 2 atom stereocenters. The maximum atomic E-state index is 13.1. The van der Waals surface area contributed by atoms with E-state index in [0.717, 1.165) is 19.6 Å². The summed E-state index contributed by atoms with van der Waals surface area (Å²) in [5.74, 6) is -3.89. The van der Waals surface area contributed by atoms with Gasteiger partial charge in [0.25, 0.3) is 0 Å². The Bertz CT molecular complexity index is 777. The maximum absolute atomic E-state index is 13.1. The Morgan fingerprint density at radius 2 is 0.925 bits per heavy atom. The van der Waals surface area contributed by atoms with Crippen molar-refractivity contribution in [3.05, 3.63) is 0 Å². The predicted octanol–water partition coefficient (Wildman–Crippen LogP) is -3.12. The second-order valence-corrected chi connectivity index (χ2v) is 9.29. The minimum Gasteiger partial charge on any atom is -0.480 e. The minimum absolute atomic E-state index is 0.161. The van der Waals surface area contributed by atoms with Crippen LogP contribution in [0.2, 0.25) is 0 Å². The number of rotatable bonds is 18. The standard InChI is InChI=1S/C23H41N5O12/c29-8-4-24(5-9-30)22(39)26(14-19(33)34)12-17-2-1-3-18(28(17)16-21(37)38)13-27(15-20(35)36)23(40)25(6-10-31)7-11-32/h17-18,29-32H,1-16H2,(H,33,34)(H,35,36)(H,37,38). The molecule has 0 bridgehead atoms. The van der Waals surface area contributed by atoms with E-state index in [-0.39, 0.29) is 39.3 Å². The summed E-state index contributed by atoms with van der Waals surface area (Å²) in [6, 6.07) is -2.88. The lowest BCUT2D eigenvalue weighted by atomic mass is 9.94. The van der Waals surface area contributed by atoms with Crippen molar-refractivity contribution in [1.29, 1.82) is 0 Å². The van der Waals surface area contributed by atoms with Gasteiger partial charge >= 0.3 is 30.0 Å². The van der Waals surface area contributed by atoms with Gasteiger partial charge in [0, 0.05) is 51.4 Å². The van der Waals surface area contributed by atoms with E-state index in [9.17, 15) is 59.7 Å². The van der Waals surface area contributed by atoms with Crippen LogP contribution in [-0.4, -0.2) is 188 Å². The van der Waals surface area contributed by atoms with E-state index in [1.807, 2.05) is 0 Å². The average Bonchev–Trinajstić information content (AvgIpc) is 2.87. The summed E-state index contributed by atoms with van der Waals surface area (Å²) < 4.78 is 0. The Labute approximate surface area is 231 Å². The first-order valence-electron chi connectivity index (χ1n) is 12.9. The monoisotopic (exact) mass is 579 g/mol. The highest BCUT2D eigenvalue weighted by Crippen LogP contribution is 2.25. The van der Waals surface area contributed by atoms with Crippen LogP contribution in [0.4, 0.5) is 9.59 Å². The molecule has 1 heterocycles. The molecule has 2 unspecified atom stereocenters. The fourth-order valence-corrected chi connectivity index (χ4v) is 4.77. The van der Waals surface area contributed by atoms with Gasteiger partial charge in [-0.2, -0.15) is 0 Å². The second-order valence-electron chi connectivity index (χ2n) is 9.29.